The van der Waals surface area contributed by atoms with Crippen molar-refractivity contribution in [2.24, 2.45) is 0 Å². The van der Waals surface area contributed by atoms with Crippen LogP contribution in [0.4, 0.5) is 0 Å². The van der Waals surface area contributed by atoms with Crippen LogP contribution in [0.25, 0.3) is 10.8 Å². The van der Waals surface area contributed by atoms with Crippen molar-refractivity contribution in [3.63, 3.8) is 0 Å². The molecular formula is C16H19NO5. The number of ether oxygens (including phenoxy) is 3. The van der Waals surface area contributed by atoms with E-state index in [0.717, 1.165) is 5.39 Å². The number of carbonyl (C=O) groups is 1. The first-order chi connectivity index (χ1) is 10.7. The van der Waals surface area contributed by atoms with Crippen molar-refractivity contribution in [3.05, 3.63) is 40.8 Å². The molecule has 1 heterocycles. The molecule has 0 saturated carbocycles. The predicted molar refractivity (Wildman–Crippen MR) is 82.2 cm³/mol. The second-order valence-electron chi connectivity index (χ2n) is 4.62. The minimum absolute atomic E-state index is 0.118. The van der Waals surface area contributed by atoms with Crippen LogP contribution >= 0.6 is 0 Å². The van der Waals surface area contributed by atoms with Crippen LogP contribution in [-0.4, -0.2) is 37.5 Å². The number of hydrogen-bond acceptors (Lipinski definition) is 5. The Labute approximate surface area is 128 Å². The first-order valence-electron chi connectivity index (χ1n) is 7.06. The number of rotatable bonds is 7. The SMILES string of the molecule is CCOCCOC(=O)Cn1ccc2cc(OC)ccc2c1=O. The molecule has 2 rings (SSSR count). The number of nitrogens with zero attached hydrogens (tertiary/aromatic N) is 1. The number of hydrogen-bond donors (Lipinski definition) is 0. The van der Waals surface area contributed by atoms with Crippen molar-refractivity contribution >= 4 is 16.7 Å². The van der Waals surface area contributed by atoms with Gasteiger partial charge in [-0.25, -0.2) is 0 Å². The molecule has 0 aliphatic carbocycles. The Kier molecular flexibility index (Phi) is 5.55. The Morgan fingerprint density at radius 2 is 2.05 bits per heavy atom. The van der Waals surface area contributed by atoms with E-state index in [2.05, 4.69) is 0 Å². The van der Waals surface area contributed by atoms with Crippen LogP contribution in [0.5, 0.6) is 5.75 Å². The van der Waals surface area contributed by atoms with Gasteiger partial charge in [-0.2, -0.15) is 0 Å². The number of carbonyl (C=O) groups excluding carboxylic acids is 1. The van der Waals surface area contributed by atoms with Crippen molar-refractivity contribution in [3.8, 4) is 5.75 Å². The zero-order valence-electron chi connectivity index (χ0n) is 12.7. The van der Waals surface area contributed by atoms with Crippen LogP contribution in [0.2, 0.25) is 0 Å². The third-order valence-electron chi connectivity index (χ3n) is 3.18. The summed E-state index contributed by atoms with van der Waals surface area (Å²) in [5.74, 6) is 0.217. The summed E-state index contributed by atoms with van der Waals surface area (Å²) in [6, 6.07) is 6.95. The third kappa shape index (κ3) is 3.85. The number of fused-ring (bicyclic) bond motifs is 1. The molecule has 22 heavy (non-hydrogen) atoms. The zero-order chi connectivity index (χ0) is 15.9. The average molecular weight is 305 g/mol. The lowest BCUT2D eigenvalue weighted by molar-refractivity contribution is -0.145. The van der Waals surface area contributed by atoms with E-state index in [9.17, 15) is 9.59 Å². The van der Waals surface area contributed by atoms with E-state index in [0.29, 0.717) is 24.3 Å². The summed E-state index contributed by atoms with van der Waals surface area (Å²) in [5, 5.41) is 1.30. The maximum atomic E-state index is 12.3. The van der Waals surface area contributed by atoms with Crippen LogP contribution in [0.3, 0.4) is 0 Å². The van der Waals surface area contributed by atoms with Crippen LogP contribution in [-0.2, 0) is 20.8 Å². The lowest BCUT2D eigenvalue weighted by atomic mass is 10.1. The number of esters is 1. The van der Waals surface area contributed by atoms with Gasteiger partial charge in [-0.3, -0.25) is 9.59 Å². The van der Waals surface area contributed by atoms with E-state index in [1.165, 1.54) is 4.57 Å². The van der Waals surface area contributed by atoms with Gasteiger partial charge < -0.3 is 18.8 Å². The molecule has 6 nitrogen and oxygen atoms in total. The molecule has 0 unspecified atom stereocenters. The standard InChI is InChI=1S/C16H19NO5/c1-3-21-8-9-22-15(18)11-17-7-6-12-10-13(20-2)4-5-14(12)16(17)19/h4-7,10H,3,8-9,11H2,1-2H3. The monoisotopic (exact) mass is 305 g/mol. The van der Waals surface area contributed by atoms with Crippen molar-refractivity contribution < 1.29 is 19.0 Å². The molecule has 0 aliphatic heterocycles. The zero-order valence-corrected chi connectivity index (χ0v) is 12.7. The van der Waals surface area contributed by atoms with Crippen LogP contribution < -0.4 is 10.3 Å². The Morgan fingerprint density at radius 1 is 1.23 bits per heavy atom. The Morgan fingerprint density at radius 3 is 2.77 bits per heavy atom. The lowest BCUT2D eigenvalue weighted by Crippen LogP contribution is -2.25. The van der Waals surface area contributed by atoms with Gasteiger partial charge in [-0.15, -0.1) is 0 Å². The topological polar surface area (TPSA) is 66.8 Å². The van der Waals surface area contributed by atoms with Crippen LogP contribution in [0.1, 0.15) is 6.92 Å². The fourth-order valence-corrected chi connectivity index (χ4v) is 2.06. The number of benzene rings is 1. The summed E-state index contributed by atoms with van der Waals surface area (Å²) in [6.45, 7) is 2.87. The van der Waals surface area contributed by atoms with E-state index >= 15 is 0 Å². The molecule has 1 aromatic heterocycles. The maximum Gasteiger partial charge on any atom is 0.326 e. The summed E-state index contributed by atoms with van der Waals surface area (Å²) >= 11 is 0. The molecule has 0 aliphatic rings. The molecule has 0 spiro atoms. The Balaban J connectivity index is 2.10. The van der Waals surface area contributed by atoms with Gasteiger partial charge in [0.2, 0.25) is 0 Å². The minimum atomic E-state index is -0.463. The first-order valence-corrected chi connectivity index (χ1v) is 7.06. The van der Waals surface area contributed by atoms with E-state index in [1.807, 2.05) is 6.92 Å². The molecule has 0 N–H and O–H groups in total. The van der Waals surface area contributed by atoms with Gasteiger partial charge in [-0.05, 0) is 36.6 Å². The summed E-state index contributed by atoms with van der Waals surface area (Å²) in [4.78, 5) is 24.0. The van der Waals surface area contributed by atoms with Gasteiger partial charge in [0.05, 0.1) is 13.7 Å². The molecular weight excluding hydrogens is 286 g/mol. The smallest absolute Gasteiger partial charge is 0.326 e. The highest BCUT2D eigenvalue weighted by atomic mass is 16.6. The minimum Gasteiger partial charge on any atom is -0.497 e. The molecule has 1 aromatic carbocycles. The summed E-state index contributed by atoms with van der Waals surface area (Å²) in [6.07, 6.45) is 1.58. The summed E-state index contributed by atoms with van der Waals surface area (Å²) < 4.78 is 16.5. The van der Waals surface area contributed by atoms with Crippen molar-refractivity contribution in [1.82, 2.24) is 4.57 Å². The van der Waals surface area contributed by atoms with Gasteiger partial charge in [0, 0.05) is 18.2 Å². The van der Waals surface area contributed by atoms with Crippen LogP contribution in [0.15, 0.2) is 35.3 Å². The van der Waals surface area contributed by atoms with Gasteiger partial charge in [0.15, 0.2) is 0 Å². The van der Waals surface area contributed by atoms with Gasteiger partial charge in [-0.1, -0.05) is 0 Å². The van der Waals surface area contributed by atoms with Crippen molar-refractivity contribution in [1.29, 1.82) is 0 Å². The third-order valence-corrected chi connectivity index (χ3v) is 3.18. The van der Waals surface area contributed by atoms with Crippen molar-refractivity contribution in [2.45, 2.75) is 13.5 Å². The maximum absolute atomic E-state index is 12.3. The summed E-state index contributed by atoms with van der Waals surface area (Å²) in [7, 11) is 1.57. The molecule has 0 saturated heterocycles. The van der Waals surface area contributed by atoms with Crippen LogP contribution in [0, 0.1) is 0 Å². The van der Waals surface area contributed by atoms with E-state index < -0.39 is 5.97 Å². The second kappa shape index (κ2) is 7.61. The number of aromatic nitrogens is 1. The van der Waals surface area contributed by atoms with E-state index in [1.54, 1.807) is 37.6 Å². The van der Waals surface area contributed by atoms with Gasteiger partial charge in [0.1, 0.15) is 18.9 Å². The highest BCUT2D eigenvalue weighted by Gasteiger charge is 2.08. The lowest BCUT2D eigenvalue weighted by Gasteiger charge is -2.08. The molecule has 6 heteroatoms. The first kappa shape index (κ1) is 16.0. The number of pyridine rings is 1. The van der Waals surface area contributed by atoms with Gasteiger partial charge in [0.25, 0.3) is 5.56 Å². The predicted octanol–water partition coefficient (Wildman–Crippen LogP) is 1.59. The molecule has 0 atom stereocenters. The Bertz CT molecular complexity index is 707. The fraction of sp³-hybridized carbons (Fsp3) is 0.375. The molecule has 2 aromatic rings. The average Bonchev–Trinajstić information content (AvgIpc) is 2.54. The largest absolute Gasteiger partial charge is 0.497 e. The quantitative estimate of drug-likeness (QED) is 0.574. The molecule has 0 fully saturated rings. The molecule has 118 valence electrons. The number of methoxy groups -OCH3 is 1. The van der Waals surface area contributed by atoms with Crippen molar-refractivity contribution in [2.75, 3.05) is 26.9 Å². The molecule has 0 amide bonds. The second-order valence-corrected chi connectivity index (χ2v) is 4.62. The van der Waals surface area contributed by atoms with E-state index in [4.69, 9.17) is 14.2 Å². The molecule has 0 radical (unpaired) electrons. The normalized spacial score (nSPS) is 10.6. The Hall–Kier alpha value is -2.34. The van der Waals surface area contributed by atoms with E-state index in [-0.39, 0.29) is 18.7 Å². The van der Waals surface area contributed by atoms with Gasteiger partial charge >= 0.3 is 5.97 Å². The molecule has 0 bridgehead atoms. The highest BCUT2D eigenvalue weighted by molar-refractivity contribution is 5.83. The highest BCUT2D eigenvalue weighted by Crippen LogP contribution is 2.17. The summed E-state index contributed by atoms with van der Waals surface area (Å²) in [5.41, 5.74) is -0.234. The fourth-order valence-electron chi connectivity index (χ4n) is 2.06.